The maximum atomic E-state index is 12.3. The largest absolute Gasteiger partial charge is 0.480 e. The van der Waals surface area contributed by atoms with Crippen molar-refractivity contribution in [3.05, 3.63) is 33.8 Å². The number of amides is 1. The van der Waals surface area contributed by atoms with Gasteiger partial charge in [0.15, 0.2) is 0 Å². The van der Waals surface area contributed by atoms with E-state index in [4.69, 9.17) is 28.3 Å². The molecule has 1 aliphatic rings. The average Bonchev–Trinajstić information content (AvgIpc) is 2.80. The Morgan fingerprint density at radius 3 is 2.72 bits per heavy atom. The summed E-state index contributed by atoms with van der Waals surface area (Å²) in [5.74, 6) is -1.37. The fourth-order valence-electron chi connectivity index (χ4n) is 2.08. The van der Waals surface area contributed by atoms with E-state index < -0.39 is 12.0 Å². The zero-order valence-electron chi connectivity index (χ0n) is 9.40. The average molecular weight is 288 g/mol. The molecule has 6 heteroatoms. The molecule has 0 aliphatic carbocycles. The number of carbonyl (C=O) groups is 2. The number of carbonyl (C=O) groups excluding carboxylic acids is 1. The van der Waals surface area contributed by atoms with E-state index >= 15 is 0 Å². The lowest BCUT2D eigenvalue weighted by Crippen LogP contribution is -2.40. The molecule has 1 aromatic carbocycles. The van der Waals surface area contributed by atoms with Crippen LogP contribution in [0.3, 0.4) is 0 Å². The highest BCUT2D eigenvalue weighted by Crippen LogP contribution is 2.26. The van der Waals surface area contributed by atoms with Crippen molar-refractivity contribution >= 4 is 35.1 Å². The summed E-state index contributed by atoms with van der Waals surface area (Å²) in [5, 5.41) is 9.73. The summed E-state index contributed by atoms with van der Waals surface area (Å²) in [7, 11) is 0. The van der Waals surface area contributed by atoms with Crippen LogP contribution in [-0.2, 0) is 4.79 Å². The number of carboxylic acid groups (broad SMARTS) is 1. The van der Waals surface area contributed by atoms with Gasteiger partial charge in [-0.3, -0.25) is 4.79 Å². The van der Waals surface area contributed by atoms with Gasteiger partial charge in [0.1, 0.15) is 6.04 Å². The lowest BCUT2D eigenvalue weighted by molar-refractivity contribution is -0.141. The van der Waals surface area contributed by atoms with Crippen molar-refractivity contribution in [3.63, 3.8) is 0 Å². The second-order valence-corrected chi connectivity index (χ2v) is 4.96. The van der Waals surface area contributed by atoms with Gasteiger partial charge in [-0.05, 0) is 31.0 Å². The first-order chi connectivity index (χ1) is 8.50. The van der Waals surface area contributed by atoms with E-state index in [1.165, 1.54) is 17.0 Å². The third-order valence-corrected chi connectivity index (χ3v) is 3.52. The zero-order valence-corrected chi connectivity index (χ0v) is 10.9. The summed E-state index contributed by atoms with van der Waals surface area (Å²) in [6.45, 7) is 0.429. The lowest BCUT2D eigenvalue weighted by Gasteiger charge is -2.22. The van der Waals surface area contributed by atoms with E-state index in [-0.39, 0.29) is 16.5 Å². The van der Waals surface area contributed by atoms with Crippen LogP contribution >= 0.6 is 23.2 Å². The maximum absolute atomic E-state index is 12.3. The first kappa shape index (κ1) is 13.2. The summed E-state index contributed by atoms with van der Waals surface area (Å²) in [6.07, 6.45) is 1.15. The van der Waals surface area contributed by atoms with Crippen molar-refractivity contribution < 1.29 is 14.7 Å². The minimum atomic E-state index is -0.987. The van der Waals surface area contributed by atoms with E-state index in [9.17, 15) is 9.59 Å². The van der Waals surface area contributed by atoms with Gasteiger partial charge in [-0.25, -0.2) is 4.79 Å². The van der Waals surface area contributed by atoms with Gasteiger partial charge in [0, 0.05) is 11.6 Å². The molecule has 1 amide bonds. The van der Waals surface area contributed by atoms with E-state index in [2.05, 4.69) is 0 Å². The number of rotatable bonds is 2. The minimum Gasteiger partial charge on any atom is -0.480 e. The minimum absolute atomic E-state index is 0.248. The number of benzene rings is 1. The van der Waals surface area contributed by atoms with Crippen molar-refractivity contribution in [1.29, 1.82) is 0 Å². The molecule has 1 saturated heterocycles. The van der Waals surface area contributed by atoms with Crippen LogP contribution in [0, 0.1) is 0 Å². The van der Waals surface area contributed by atoms with Crippen LogP contribution < -0.4 is 0 Å². The molecule has 0 spiro atoms. The molecule has 2 rings (SSSR count). The van der Waals surface area contributed by atoms with Gasteiger partial charge in [-0.1, -0.05) is 23.2 Å². The van der Waals surface area contributed by atoms with Crippen molar-refractivity contribution in [1.82, 2.24) is 4.90 Å². The van der Waals surface area contributed by atoms with Crippen LogP contribution in [-0.4, -0.2) is 34.5 Å². The fourth-order valence-corrected chi connectivity index (χ4v) is 2.45. The predicted molar refractivity (Wildman–Crippen MR) is 68.2 cm³/mol. The summed E-state index contributed by atoms with van der Waals surface area (Å²) in [4.78, 5) is 24.6. The first-order valence-corrected chi connectivity index (χ1v) is 6.25. The van der Waals surface area contributed by atoms with Crippen LogP contribution in [0.1, 0.15) is 23.2 Å². The summed E-state index contributed by atoms with van der Waals surface area (Å²) in [5.41, 5.74) is 0.248. The van der Waals surface area contributed by atoms with Gasteiger partial charge in [-0.2, -0.15) is 0 Å². The van der Waals surface area contributed by atoms with E-state index in [0.717, 1.165) is 0 Å². The molecular formula is C12H11Cl2NO3. The van der Waals surface area contributed by atoms with Crippen molar-refractivity contribution in [3.8, 4) is 0 Å². The second kappa shape index (κ2) is 5.16. The van der Waals surface area contributed by atoms with Crippen LogP contribution in [0.4, 0.5) is 0 Å². The molecule has 0 aromatic heterocycles. The van der Waals surface area contributed by atoms with Crippen molar-refractivity contribution in [2.24, 2.45) is 0 Å². The smallest absolute Gasteiger partial charge is 0.326 e. The van der Waals surface area contributed by atoms with Gasteiger partial charge in [0.05, 0.1) is 10.6 Å². The number of nitrogens with zero attached hydrogens (tertiary/aromatic N) is 1. The number of hydrogen-bond acceptors (Lipinski definition) is 2. The van der Waals surface area contributed by atoms with E-state index in [1.54, 1.807) is 6.07 Å². The quantitative estimate of drug-likeness (QED) is 0.910. The third-order valence-electron chi connectivity index (χ3n) is 2.96. The predicted octanol–water partition coefficient (Wildman–Crippen LogP) is 2.68. The van der Waals surface area contributed by atoms with E-state index in [1.807, 2.05) is 0 Å². The number of halogens is 2. The van der Waals surface area contributed by atoms with Crippen molar-refractivity contribution in [2.45, 2.75) is 18.9 Å². The molecule has 0 saturated carbocycles. The number of hydrogen-bond donors (Lipinski definition) is 1. The topological polar surface area (TPSA) is 57.6 Å². The lowest BCUT2D eigenvalue weighted by atomic mass is 10.1. The second-order valence-electron chi connectivity index (χ2n) is 4.12. The maximum Gasteiger partial charge on any atom is 0.326 e. The molecule has 0 bridgehead atoms. The number of aliphatic carboxylic acids is 1. The SMILES string of the molecule is O=C(O)[C@H]1CCCN1C(=O)c1cc(Cl)ccc1Cl. The number of carboxylic acids is 1. The zero-order chi connectivity index (χ0) is 13.3. The summed E-state index contributed by atoms with van der Waals surface area (Å²) >= 11 is 11.8. The van der Waals surface area contributed by atoms with E-state index in [0.29, 0.717) is 24.4 Å². The summed E-state index contributed by atoms with van der Waals surface area (Å²) < 4.78 is 0. The molecule has 18 heavy (non-hydrogen) atoms. The van der Waals surface area contributed by atoms with Crippen LogP contribution in [0.2, 0.25) is 10.0 Å². The first-order valence-electron chi connectivity index (χ1n) is 5.49. The molecule has 4 nitrogen and oxygen atoms in total. The standard InChI is InChI=1S/C12H11Cl2NO3/c13-7-3-4-9(14)8(6-7)11(16)15-5-1-2-10(15)12(17)18/h3-4,6,10H,1-2,5H2,(H,17,18)/t10-/m1/s1. The van der Waals surface area contributed by atoms with Crippen molar-refractivity contribution in [2.75, 3.05) is 6.54 Å². The highest BCUT2D eigenvalue weighted by atomic mass is 35.5. The van der Waals surface area contributed by atoms with Crippen LogP contribution in [0.25, 0.3) is 0 Å². The Kier molecular flexibility index (Phi) is 3.78. The molecular weight excluding hydrogens is 277 g/mol. The van der Waals surface area contributed by atoms with Crippen LogP contribution in [0.5, 0.6) is 0 Å². The Morgan fingerprint density at radius 1 is 1.33 bits per heavy atom. The van der Waals surface area contributed by atoms with Gasteiger partial charge >= 0.3 is 5.97 Å². The number of likely N-dealkylation sites (tertiary alicyclic amines) is 1. The Hall–Kier alpha value is -1.26. The van der Waals surface area contributed by atoms with Gasteiger partial charge < -0.3 is 10.0 Å². The Labute approximate surface area is 114 Å². The molecule has 1 fully saturated rings. The van der Waals surface area contributed by atoms with Gasteiger partial charge in [0.2, 0.25) is 0 Å². The Balaban J connectivity index is 2.31. The molecule has 1 atom stereocenters. The molecule has 1 aliphatic heterocycles. The highest BCUT2D eigenvalue weighted by Gasteiger charge is 2.35. The monoisotopic (exact) mass is 287 g/mol. The fraction of sp³-hybridized carbons (Fsp3) is 0.333. The third kappa shape index (κ3) is 2.44. The van der Waals surface area contributed by atoms with Crippen LogP contribution in [0.15, 0.2) is 18.2 Å². The molecule has 0 radical (unpaired) electrons. The Morgan fingerprint density at radius 2 is 2.06 bits per heavy atom. The molecule has 1 heterocycles. The van der Waals surface area contributed by atoms with Gasteiger partial charge in [0.25, 0.3) is 5.91 Å². The molecule has 96 valence electrons. The Bertz CT molecular complexity index is 504. The normalized spacial score (nSPS) is 19.0. The highest BCUT2D eigenvalue weighted by molar-refractivity contribution is 6.35. The molecule has 1 N–H and O–H groups in total. The molecule has 1 aromatic rings. The van der Waals surface area contributed by atoms with Gasteiger partial charge in [-0.15, -0.1) is 0 Å². The summed E-state index contributed by atoms with van der Waals surface area (Å²) in [6, 6.07) is 3.80. The molecule has 0 unspecified atom stereocenters.